The zero-order chi connectivity index (χ0) is 13.3. The molecule has 0 fully saturated rings. The fourth-order valence-corrected chi connectivity index (χ4v) is 1.67. The Morgan fingerprint density at radius 1 is 1.33 bits per heavy atom. The van der Waals surface area contributed by atoms with Crippen molar-refractivity contribution >= 4 is 22.7 Å². The number of nitrogens with two attached hydrogens (primary N) is 1. The highest BCUT2D eigenvalue weighted by atomic mass is 16.4. The van der Waals surface area contributed by atoms with Crippen LogP contribution in [0.2, 0.25) is 0 Å². The lowest BCUT2D eigenvalue weighted by Crippen LogP contribution is -2.16. The maximum absolute atomic E-state index is 11.8. The number of carbonyl (C=O) groups is 2. The SMILES string of the molecule is NCC(=O)c1ccc2c(=O)c(C(=O)O)c[nH]c2c1. The Hall–Kier alpha value is -2.47. The lowest BCUT2D eigenvalue weighted by Gasteiger charge is -2.02. The maximum atomic E-state index is 11.8. The van der Waals surface area contributed by atoms with E-state index in [-0.39, 0.29) is 23.3 Å². The largest absolute Gasteiger partial charge is 0.477 e. The number of aromatic carboxylic acids is 1. The summed E-state index contributed by atoms with van der Waals surface area (Å²) in [5.41, 5.74) is 5.11. The highest BCUT2D eigenvalue weighted by Gasteiger charge is 2.12. The summed E-state index contributed by atoms with van der Waals surface area (Å²) in [6, 6.07) is 4.36. The fourth-order valence-electron chi connectivity index (χ4n) is 1.67. The number of fused-ring (bicyclic) bond motifs is 1. The quantitative estimate of drug-likeness (QED) is 0.677. The van der Waals surface area contributed by atoms with Gasteiger partial charge in [0.05, 0.1) is 12.1 Å². The number of H-pyrrole nitrogens is 1. The van der Waals surface area contributed by atoms with Crippen molar-refractivity contribution in [1.82, 2.24) is 4.98 Å². The van der Waals surface area contributed by atoms with Crippen LogP contribution < -0.4 is 11.2 Å². The summed E-state index contributed by atoms with van der Waals surface area (Å²) < 4.78 is 0. The monoisotopic (exact) mass is 246 g/mol. The third-order valence-corrected chi connectivity index (χ3v) is 2.62. The molecule has 0 radical (unpaired) electrons. The fraction of sp³-hybridized carbons (Fsp3) is 0.0833. The molecule has 6 heteroatoms. The molecule has 4 N–H and O–H groups in total. The van der Waals surface area contributed by atoms with Gasteiger partial charge in [0.2, 0.25) is 5.43 Å². The number of Topliss-reactive ketones (excluding diaryl/α,β-unsaturated/α-hetero) is 1. The van der Waals surface area contributed by atoms with Crippen molar-refractivity contribution in [2.45, 2.75) is 0 Å². The summed E-state index contributed by atoms with van der Waals surface area (Å²) in [5.74, 6) is -1.54. The van der Waals surface area contributed by atoms with Crippen LogP contribution >= 0.6 is 0 Å². The standard InChI is InChI=1S/C12H10N2O4/c13-4-10(15)6-1-2-7-9(3-6)14-5-8(11(7)16)12(17)18/h1-3,5H,4,13H2,(H,14,16)(H,17,18). The van der Waals surface area contributed by atoms with Gasteiger partial charge in [0, 0.05) is 17.1 Å². The van der Waals surface area contributed by atoms with Gasteiger partial charge in [0.15, 0.2) is 5.78 Å². The molecular weight excluding hydrogens is 236 g/mol. The zero-order valence-corrected chi connectivity index (χ0v) is 9.27. The number of hydrogen-bond donors (Lipinski definition) is 3. The van der Waals surface area contributed by atoms with E-state index in [9.17, 15) is 14.4 Å². The van der Waals surface area contributed by atoms with E-state index in [4.69, 9.17) is 10.8 Å². The Labute approximate surface area is 101 Å². The van der Waals surface area contributed by atoms with Crippen LogP contribution in [0.25, 0.3) is 10.9 Å². The first-order valence-electron chi connectivity index (χ1n) is 5.16. The van der Waals surface area contributed by atoms with E-state index in [0.29, 0.717) is 11.1 Å². The van der Waals surface area contributed by atoms with E-state index < -0.39 is 11.4 Å². The van der Waals surface area contributed by atoms with Gasteiger partial charge in [-0.3, -0.25) is 9.59 Å². The van der Waals surface area contributed by atoms with Crippen LogP contribution in [0.4, 0.5) is 0 Å². The number of carboxylic acid groups (broad SMARTS) is 1. The Balaban J connectivity index is 2.69. The summed E-state index contributed by atoms with van der Waals surface area (Å²) in [5, 5.41) is 9.04. The van der Waals surface area contributed by atoms with Crippen molar-refractivity contribution in [3.63, 3.8) is 0 Å². The molecule has 0 aliphatic rings. The molecule has 0 atom stereocenters. The van der Waals surface area contributed by atoms with Gasteiger partial charge < -0.3 is 15.8 Å². The number of rotatable bonds is 3. The minimum absolute atomic E-state index is 0.122. The number of benzene rings is 1. The number of nitrogens with one attached hydrogen (secondary N) is 1. The van der Waals surface area contributed by atoms with E-state index in [0.717, 1.165) is 6.20 Å². The maximum Gasteiger partial charge on any atom is 0.341 e. The Morgan fingerprint density at radius 3 is 2.67 bits per heavy atom. The van der Waals surface area contributed by atoms with Gasteiger partial charge in [0.25, 0.3) is 0 Å². The molecule has 0 amide bonds. The lowest BCUT2D eigenvalue weighted by molar-refractivity contribution is 0.0695. The summed E-state index contributed by atoms with van der Waals surface area (Å²) in [6.07, 6.45) is 1.11. The van der Waals surface area contributed by atoms with E-state index in [2.05, 4.69) is 4.98 Å². The first kappa shape index (κ1) is 12.0. The van der Waals surface area contributed by atoms with Crippen LogP contribution in [0.3, 0.4) is 0 Å². The minimum Gasteiger partial charge on any atom is -0.477 e. The molecule has 0 saturated heterocycles. The predicted molar refractivity (Wildman–Crippen MR) is 64.9 cm³/mol. The number of ketones is 1. The van der Waals surface area contributed by atoms with Gasteiger partial charge in [-0.1, -0.05) is 6.07 Å². The summed E-state index contributed by atoms with van der Waals surface area (Å²) in [7, 11) is 0. The highest BCUT2D eigenvalue weighted by molar-refractivity contribution is 6.01. The molecule has 6 nitrogen and oxygen atoms in total. The van der Waals surface area contributed by atoms with Crippen LogP contribution in [0.5, 0.6) is 0 Å². The molecule has 1 aromatic carbocycles. The third kappa shape index (κ3) is 1.89. The van der Waals surface area contributed by atoms with Crippen LogP contribution in [0.1, 0.15) is 20.7 Å². The molecule has 2 aromatic rings. The Morgan fingerprint density at radius 2 is 2.06 bits per heavy atom. The first-order valence-corrected chi connectivity index (χ1v) is 5.16. The topological polar surface area (TPSA) is 113 Å². The molecule has 1 aromatic heterocycles. The molecule has 0 aliphatic heterocycles. The number of carbonyl (C=O) groups excluding carboxylic acids is 1. The molecular formula is C12H10N2O4. The Bertz CT molecular complexity index is 703. The molecule has 1 heterocycles. The average Bonchev–Trinajstić information content (AvgIpc) is 2.37. The van der Waals surface area contributed by atoms with Gasteiger partial charge in [-0.2, -0.15) is 0 Å². The molecule has 0 bridgehead atoms. The number of aromatic nitrogens is 1. The molecule has 18 heavy (non-hydrogen) atoms. The molecule has 0 spiro atoms. The molecule has 0 unspecified atom stereocenters. The van der Waals surface area contributed by atoms with Crippen LogP contribution in [0.15, 0.2) is 29.2 Å². The number of hydrogen-bond acceptors (Lipinski definition) is 4. The summed E-state index contributed by atoms with van der Waals surface area (Å²) >= 11 is 0. The smallest absolute Gasteiger partial charge is 0.341 e. The van der Waals surface area contributed by atoms with E-state index in [1.807, 2.05) is 0 Å². The zero-order valence-electron chi connectivity index (χ0n) is 9.27. The number of carboxylic acids is 1. The first-order chi connectivity index (χ1) is 8.54. The molecule has 0 aliphatic carbocycles. The van der Waals surface area contributed by atoms with Crippen molar-refractivity contribution in [3.05, 3.63) is 45.7 Å². The van der Waals surface area contributed by atoms with E-state index in [1.165, 1.54) is 18.2 Å². The second kappa shape index (κ2) is 4.42. The Kier molecular flexibility index (Phi) is 2.95. The predicted octanol–water partition coefficient (Wildman–Crippen LogP) is 0.368. The normalized spacial score (nSPS) is 10.5. The lowest BCUT2D eigenvalue weighted by atomic mass is 10.1. The number of aromatic amines is 1. The van der Waals surface area contributed by atoms with Gasteiger partial charge in [-0.25, -0.2) is 4.79 Å². The molecule has 2 rings (SSSR count). The average molecular weight is 246 g/mol. The molecule has 92 valence electrons. The van der Waals surface area contributed by atoms with Crippen molar-refractivity contribution in [3.8, 4) is 0 Å². The van der Waals surface area contributed by atoms with Crippen LogP contribution in [-0.2, 0) is 0 Å². The second-order valence-corrected chi connectivity index (χ2v) is 3.72. The van der Waals surface area contributed by atoms with E-state index in [1.54, 1.807) is 0 Å². The minimum atomic E-state index is -1.29. The second-order valence-electron chi connectivity index (χ2n) is 3.72. The van der Waals surface area contributed by atoms with Gasteiger partial charge in [-0.15, -0.1) is 0 Å². The van der Waals surface area contributed by atoms with Crippen molar-refractivity contribution in [1.29, 1.82) is 0 Å². The van der Waals surface area contributed by atoms with Crippen LogP contribution in [-0.4, -0.2) is 28.4 Å². The van der Waals surface area contributed by atoms with Crippen molar-refractivity contribution < 1.29 is 14.7 Å². The van der Waals surface area contributed by atoms with Crippen LogP contribution in [0, 0.1) is 0 Å². The highest BCUT2D eigenvalue weighted by Crippen LogP contribution is 2.11. The molecule has 0 saturated carbocycles. The van der Waals surface area contributed by atoms with Crippen molar-refractivity contribution in [2.75, 3.05) is 6.54 Å². The summed E-state index contributed by atoms with van der Waals surface area (Å²) in [4.78, 5) is 36.7. The van der Waals surface area contributed by atoms with Gasteiger partial charge in [0.1, 0.15) is 5.56 Å². The third-order valence-electron chi connectivity index (χ3n) is 2.62. The summed E-state index contributed by atoms with van der Waals surface area (Å²) in [6.45, 7) is -0.122. The van der Waals surface area contributed by atoms with Gasteiger partial charge in [-0.05, 0) is 12.1 Å². The van der Waals surface area contributed by atoms with Gasteiger partial charge >= 0.3 is 5.97 Å². The number of pyridine rings is 1. The van der Waals surface area contributed by atoms with E-state index >= 15 is 0 Å². The van der Waals surface area contributed by atoms with Crippen molar-refractivity contribution in [2.24, 2.45) is 5.73 Å².